The SMILES string of the molecule is CC1CCC(C)N(CCC(N)(CO)c2ccccc2)C1. The number of hydrogen-bond acceptors (Lipinski definition) is 3. The van der Waals surface area contributed by atoms with Crippen LogP contribution in [0.2, 0.25) is 0 Å². The topological polar surface area (TPSA) is 49.5 Å². The van der Waals surface area contributed by atoms with Gasteiger partial charge in [0.2, 0.25) is 0 Å². The second-order valence-corrected chi connectivity index (χ2v) is 6.46. The van der Waals surface area contributed by atoms with Crippen molar-refractivity contribution in [2.75, 3.05) is 19.7 Å². The summed E-state index contributed by atoms with van der Waals surface area (Å²) in [4.78, 5) is 2.52. The van der Waals surface area contributed by atoms with E-state index in [1.807, 2.05) is 30.3 Å². The molecule has 1 aromatic carbocycles. The van der Waals surface area contributed by atoms with Crippen molar-refractivity contribution in [3.05, 3.63) is 35.9 Å². The molecule has 3 N–H and O–H groups in total. The van der Waals surface area contributed by atoms with Crippen LogP contribution in [0.25, 0.3) is 0 Å². The van der Waals surface area contributed by atoms with Gasteiger partial charge in [0.25, 0.3) is 0 Å². The van der Waals surface area contributed by atoms with Gasteiger partial charge in [-0.2, -0.15) is 0 Å². The second-order valence-electron chi connectivity index (χ2n) is 6.46. The van der Waals surface area contributed by atoms with Gasteiger partial charge in [-0.1, -0.05) is 37.3 Å². The Morgan fingerprint density at radius 3 is 2.60 bits per heavy atom. The fourth-order valence-electron chi connectivity index (χ4n) is 3.12. The van der Waals surface area contributed by atoms with Gasteiger partial charge in [-0.15, -0.1) is 0 Å². The van der Waals surface area contributed by atoms with Gasteiger partial charge in [0, 0.05) is 19.1 Å². The molecule has 1 fully saturated rings. The Hall–Kier alpha value is -0.900. The van der Waals surface area contributed by atoms with Crippen LogP contribution in [0.3, 0.4) is 0 Å². The lowest BCUT2D eigenvalue weighted by molar-refractivity contribution is 0.100. The highest BCUT2D eigenvalue weighted by atomic mass is 16.3. The molecule has 3 nitrogen and oxygen atoms in total. The molecule has 3 unspecified atom stereocenters. The lowest BCUT2D eigenvalue weighted by Gasteiger charge is -2.39. The third kappa shape index (κ3) is 3.60. The molecule has 1 aliphatic heterocycles. The minimum absolute atomic E-state index is 0.00517. The second kappa shape index (κ2) is 6.70. The molecule has 1 aromatic rings. The van der Waals surface area contributed by atoms with Gasteiger partial charge in [0.05, 0.1) is 12.1 Å². The van der Waals surface area contributed by atoms with Crippen LogP contribution >= 0.6 is 0 Å². The zero-order chi connectivity index (χ0) is 14.6. The molecule has 3 heteroatoms. The Morgan fingerprint density at radius 1 is 1.25 bits per heavy atom. The number of aliphatic hydroxyl groups excluding tert-OH is 1. The number of hydrogen-bond donors (Lipinski definition) is 2. The van der Waals surface area contributed by atoms with Gasteiger partial charge in [0.15, 0.2) is 0 Å². The van der Waals surface area contributed by atoms with Crippen molar-refractivity contribution in [3.8, 4) is 0 Å². The summed E-state index contributed by atoms with van der Waals surface area (Å²) in [5.74, 6) is 0.768. The maximum atomic E-state index is 9.74. The third-order valence-corrected chi connectivity index (χ3v) is 4.72. The average Bonchev–Trinajstić information content (AvgIpc) is 2.49. The van der Waals surface area contributed by atoms with Crippen molar-refractivity contribution in [1.29, 1.82) is 0 Å². The van der Waals surface area contributed by atoms with Crippen LogP contribution in [-0.4, -0.2) is 35.7 Å². The lowest BCUT2D eigenvalue weighted by atomic mass is 9.87. The zero-order valence-electron chi connectivity index (χ0n) is 12.8. The fourth-order valence-corrected chi connectivity index (χ4v) is 3.12. The molecule has 2 rings (SSSR count). The van der Waals surface area contributed by atoms with Crippen LogP contribution in [0.15, 0.2) is 30.3 Å². The molecule has 0 bridgehead atoms. The highest BCUT2D eigenvalue weighted by Gasteiger charge is 2.29. The van der Waals surface area contributed by atoms with Gasteiger partial charge >= 0.3 is 0 Å². The molecule has 0 amide bonds. The summed E-state index contributed by atoms with van der Waals surface area (Å²) in [6.45, 7) is 6.72. The number of nitrogens with two attached hydrogens (primary N) is 1. The first kappa shape index (κ1) is 15.5. The number of aliphatic hydroxyl groups is 1. The van der Waals surface area contributed by atoms with E-state index in [2.05, 4.69) is 18.7 Å². The first-order valence-electron chi connectivity index (χ1n) is 7.74. The van der Waals surface area contributed by atoms with Crippen LogP contribution < -0.4 is 5.73 Å². The predicted octanol–water partition coefficient (Wildman–Crippen LogP) is 2.34. The van der Waals surface area contributed by atoms with E-state index in [0.29, 0.717) is 6.04 Å². The van der Waals surface area contributed by atoms with Crippen LogP contribution in [-0.2, 0) is 5.54 Å². The standard InChI is InChI=1S/C17H28N2O/c1-14-8-9-15(2)19(12-14)11-10-17(18,13-20)16-6-4-3-5-7-16/h3-7,14-15,20H,8-13,18H2,1-2H3. The summed E-state index contributed by atoms with van der Waals surface area (Å²) >= 11 is 0. The van der Waals surface area contributed by atoms with Gasteiger partial charge < -0.3 is 15.7 Å². The molecule has 1 heterocycles. The van der Waals surface area contributed by atoms with E-state index in [4.69, 9.17) is 5.73 Å². The number of benzene rings is 1. The summed E-state index contributed by atoms with van der Waals surface area (Å²) in [6.07, 6.45) is 3.39. The zero-order valence-corrected chi connectivity index (χ0v) is 12.8. The Bertz CT molecular complexity index is 409. The lowest BCUT2D eigenvalue weighted by Crippen LogP contribution is -2.47. The number of rotatable bonds is 5. The van der Waals surface area contributed by atoms with E-state index in [-0.39, 0.29) is 6.61 Å². The summed E-state index contributed by atoms with van der Waals surface area (Å²) in [6, 6.07) is 10.6. The van der Waals surface area contributed by atoms with E-state index in [0.717, 1.165) is 31.0 Å². The quantitative estimate of drug-likeness (QED) is 0.868. The van der Waals surface area contributed by atoms with E-state index in [1.165, 1.54) is 12.8 Å². The van der Waals surface area contributed by atoms with Gasteiger partial charge in [0.1, 0.15) is 0 Å². The minimum atomic E-state index is -0.623. The van der Waals surface area contributed by atoms with E-state index >= 15 is 0 Å². The summed E-state index contributed by atoms with van der Waals surface area (Å²) < 4.78 is 0. The molecule has 1 saturated heterocycles. The summed E-state index contributed by atoms with van der Waals surface area (Å²) in [5.41, 5.74) is 6.84. The molecule has 0 aromatic heterocycles. The third-order valence-electron chi connectivity index (χ3n) is 4.72. The maximum absolute atomic E-state index is 9.74. The van der Waals surface area contributed by atoms with Crippen LogP contribution in [0.5, 0.6) is 0 Å². The molecule has 0 aliphatic carbocycles. The molecule has 0 spiro atoms. The number of piperidine rings is 1. The molecule has 0 saturated carbocycles. The largest absolute Gasteiger partial charge is 0.394 e. The molecule has 20 heavy (non-hydrogen) atoms. The molecule has 3 atom stereocenters. The van der Waals surface area contributed by atoms with Crippen molar-refractivity contribution >= 4 is 0 Å². The Labute approximate surface area is 122 Å². The van der Waals surface area contributed by atoms with Crippen molar-refractivity contribution in [1.82, 2.24) is 4.90 Å². The van der Waals surface area contributed by atoms with Crippen LogP contribution in [0, 0.1) is 5.92 Å². The summed E-state index contributed by atoms with van der Waals surface area (Å²) in [5, 5.41) is 9.74. The van der Waals surface area contributed by atoms with E-state index in [1.54, 1.807) is 0 Å². The highest BCUT2D eigenvalue weighted by molar-refractivity contribution is 5.24. The fraction of sp³-hybridized carbons (Fsp3) is 0.647. The summed E-state index contributed by atoms with van der Waals surface area (Å²) in [7, 11) is 0. The number of likely N-dealkylation sites (tertiary alicyclic amines) is 1. The van der Waals surface area contributed by atoms with Crippen molar-refractivity contribution in [2.24, 2.45) is 11.7 Å². The van der Waals surface area contributed by atoms with Gasteiger partial charge in [-0.05, 0) is 37.7 Å². The predicted molar refractivity (Wildman–Crippen MR) is 83.4 cm³/mol. The van der Waals surface area contributed by atoms with E-state index < -0.39 is 5.54 Å². The van der Waals surface area contributed by atoms with Crippen molar-refractivity contribution in [3.63, 3.8) is 0 Å². The smallest absolute Gasteiger partial charge is 0.0656 e. The molecule has 1 aliphatic rings. The Balaban J connectivity index is 2.00. The first-order chi connectivity index (χ1) is 9.55. The Morgan fingerprint density at radius 2 is 1.95 bits per heavy atom. The van der Waals surface area contributed by atoms with Crippen molar-refractivity contribution < 1.29 is 5.11 Å². The Kier molecular flexibility index (Phi) is 5.19. The monoisotopic (exact) mass is 276 g/mol. The molecular weight excluding hydrogens is 248 g/mol. The van der Waals surface area contributed by atoms with Gasteiger partial charge in [-0.25, -0.2) is 0 Å². The molecular formula is C17H28N2O. The van der Waals surface area contributed by atoms with Crippen LogP contribution in [0.1, 0.15) is 38.7 Å². The molecule has 112 valence electrons. The van der Waals surface area contributed by atoms with Crippen molar-refractivity contribution in [2.45, 2.75) is 44.7 Å². The number of nitrogens with zero attached hydrogens (tertiary/aromatic N) is 1. The van der Waals surface area contributed by atoms with Gasteiger partial charge in [-0.3, -0.25) is 0 Å². The van der Waals surface area contributed by atoms with E-state index in [9.17, 15) is 5.11 Å². The highest BCUT2D eigenvalue weighted by Crippen LogP contribution is 2.26. The first-order valence-corrected chi connectivity index (χ1v) is 7.74. The minimum Gasteiger partial charge on any atom is -0.394 e. The normalized spacial score (nSPS) is 27.2. The molecule has 0 radical (unpaired) electrons. The van der Waals surface area contributed by atoms with Crippen LogP contribution in [0.4, 0.5) is 0 Å². The average molecular weight is 276 g/mol. The maximum Gasteiger partial charge on any atom is 0.0656 e.